The number of hydrogen-bond acceptors (Lipinski definition) is 2. The SMILES string of the molecule is Cc1ccc(C(=O)Nc2cccc(C(=O)O)c2)cc1C. The van der Waals surface area contributed by atoms with Crippen molar-refractivity contribution in [2.24, 2.45) is 0 Å². The van der Waals surface area contributed by atoms with Crippen molar-refractivity contribution in [3.63, 3.8) is 0 Å². The molecule has 0 spiro atoms. The number of benzene rings is 2. The summed E-state index contributed by atoms with van der Waals surface area (Å²) in [5.41, 5.74) is 3.32. The molecule has 0 aliphatic rings. The van der Waals surface area contributed by atoms with Crippen molar-refractivity contribution in [1.82, 2.24) is 0 Å². The number of carbonyl (C=O) groups is 2. The van der Waals surface area contributed by atoms with Gasteiger partial charge in [0.15, 0.2) is 0 Å². The molecule has 4 heteroatoms. The zero-order valence-electron chi connectivity index (χ0n) is 11.3. The van der Waals surface area contributed by atoms with Gasteiger partial charge >= 0.3 is 5.97 Å². The number of anilines is 1. The Morgan fingerprint density at radius 3 is 2.35 bits per heavy atom. The van der Waals surface area contributed by atoms with Gasteiger partial charge in [-0.2, -0.15) is 0 Å². The number of carboxylic acid groups (broad SMARTS) is 1. The molecule has 2 N–H and O–H groups in total. The molecule has 0 unspecified atom stereocenters. The molecule has 20 heavy (non-hydrogen) atoms. The van der Waals surface area contributed by atoms with Crippen molar-refractivity contribution < 1.29 is 14.7 Å². The first-order chi connectivity index (χ1) is 9.47. The summed E-state index contributed by atoms with van der Waals surface area (Å²) < 4.78 is 0. The Labute approximate surface area is 117 Å². The maximum atomic E-state index is 12.1. The zero-order valence-corrected chi connectivity index (χ0v) is 11.3. The van der Waals surface area contributed by atoms with E-state index in [4.69, 9.17) is 5.11 Å². The van der Waals surface area contributed by atoms with E-state index >= 15 is 0 Å². The molecule has 0 atom stereocenters. The van der Waals surface area contributed by atoms with Crippen molar-refractivity contribution >= 4 is 17.6 Å². The van der Waals surface area contributed by atoms with Gasteiger partial charge in [-0.25, -0.2) is 4.79 Å². The third-order valence-electron chi connectivity index (χ3n) is 3.14. The highest BCUT2D eigenvalue weighted by molar-refractivity contribution is 6.05. The van der Waals surface area contributed by atoms with Crippen LogP contribution in [0.5, 0.6) is 0 Å². The molecule has 0 saturated heterocycles. The molecule has 0 bridgehead atoms. The number of amides is 1. The molecule has 0 aliphatic carbocycles. The van der Waals surface area contributed by atoms with E-state index in [1.54, 1.807) is 18.2 Å². The van der Waals surface area contributed by atoms with Crippen molar-refractivity contribution in [3.05, 3.63) is 64.7 Å². The van der Waals surface area contributed by atoms with E-state index in [-0.39, 0.29) is 11.5 Å². The topological polar surface area (TPSA) is 66.4 Å². The minimum atomic E-state index is -1.02. The summed E-state index contributed by atoms with van der Waals surface area (Å²) in [4.78, 5) is 23.0. The highest BCUT2D eigenvalue weighted by atomic mass is 16.4. The highest BCUT2D eigenvalue weighted by Gasteiger charge is 2.09. The predicted octanol–water partition coefficient (Wildman–Crippen LogP) is 3.25. The van der Waals surface area contributed by atoms with E-state index < -0.39 is 5.97 Å². The van der Waals surface area contributed by atoms with Crippen LogP contribution in [-0.2, 0) is 0 Å². The Morgan fingerprint density at radius 2 is 1.70 bits per heavy atom. The van der Waals surface area contributed by atoms with Crippen LogP contribution in [0.15, 0.2) is 42.5 Å². The largest absolute Gasteiger partial charge is 0.478 e. The molecule has 2 rings (SSSR count). The smallest absolute Gasteiger partial charge is 0.335 e. The van der Waals surface area contributed by atoms with E-state index in [9.17, 15) is 9.59 Å². The number of rotatable bonds is 3. The fourth-order valence-electron chi connectivity index (χ4n) is 1.82. The minimum Gasteiger partial charge on any atom is -0.478 e. The first-order valence-corrected chi connectivity index (χ1v) is 6.19. The second-order valence-corrected chi connectivity index (χ2v) is 4.64. The summed E-state index contributed by atoms with van der Waals surface area (Å²) in [7, 11) is 0. The molecular weight excluding hydrogens is 254 g/mol. The lowest BCUT2D eigenvalue weighted by molar-refractivity contribution is 0.0696. The van der Waals surface area contributed by atoms with E-state index in [2.05, 4.69) is 5.32 Å². The third kappa shape index (κ3) is 3.03. The second-order valence-electron chi connectivity index (χ2n) is 4.64. The molecule has 0 aliphatic heterocycles. The van der Waals surface area contributed by atoms with Crippen LogP contribution in [-0.4, -0.2) is 17.0 Å². The molecule has 0 radical (unpaired) electrons. The van der Waals surface area contributed by atoms with E-state index in [1.165, 1.54) is 12.1 Å². The summed E-state index contributed by atoms with van der Waals surface area (Å²) in [5.74, 6) is -1.28. The number of carbonyl (C=O) groups excluding carboxylic acids is 1. The Kier molecular flexibility index (Phi) is 3.84. The van der Waals surface area contributed by atoms with Crippen molar-refractivity contribution in [1.29, 1.82) is 0 Å². The highest BCUT2D eigenvalue weighted by Crippen LogP contribution is 2.14. The Morgan fingerprint density at radius 1 is 0.950 bits per heavy atom. The summed E-state index contributed by atoms with van der Waals surface area (Å²) in [5, 5.41) is 11.6. The van der Waals surface area contributed by atoms with Gasteiger partial charge in [0, 0.05) is 11.3 Å². The molecule has 2 aromatic rings. The standard InChI is InChI=1S/C16H15NO3/c1-10-6-7-12(8-11(10)2)15(18)17-14-5-3-4-13(9-14)16(19)20/h3-9H,1-2H3,(H,17,18)(H,19,20). The van der Waals surface area contributed by atoms with Crippen LogP contribution in [0.1, 0.15) is 31.8 Å². The fourth-order valence-corrected chi connectivity index (χ4v) is 1.82. The number of nitrogens with one attached hydrogen (secondary N) is 1. The lowest BCUT2D eigenvalue weighted by atomic mass is 10.1. The maximum absolute atomic E-state index is 12.1. The van der Waals surface area contributed by atoms with E-state index in [0.29, 0.717) is 11.3 Å². The van der Waals surface area contributed by atoms with Gasteiger partial charge in [0.1, 0.15) is 0 Å². The van der Waals surface area contributed by atoms with Crippen LogP contribution >= 0.6 is 0 Å². The first kappa shape index (κ1) is 13.8. The van der Waals surface area contributed by atoms with Gasteiger partial charge in [-0.15, -0.1) is 0 Å². The van der Waals surface area contributed by atoms with Crippen molar-refractivity contribution in [2.45, 2.75) is 13.8 Å². The number of aromatic carboxylic acids is 1. The van der Waals surface area contributed by atoms with Gasteiger partial charge in [-0.3, -0.25) is 4.79 Å². The van der Waals surface area contributed by atoms with Gasteiger partial charge in [0.25, 0.3) is 5.91 Å². The fraction of sp³-hybridized carbons (Fsp3) is 0.125. The van der Waals surface area contributed by atoms with Gasteiger partial charge in [-0.05, 0) is 55.3 Å². The van der Waals surface area contributed by atoms with Gasteiger partial charge in [0.05, 0.1) is 5.56 Å². The average molecular weight is 269 g/mol. The summed E-state index contributed by atoms with van der Waals surface area (Å²) >= 11 is 0. The van der Waals surface area contributed by atoms with Crippen LogP contribution in [0, 0.1) is 13.8 Å². The summed E-state index contributed by atoms with van der Waals surface area (Å²) in [6.45, 7) is 3.92. The Bertz CT molecular complexity index is 677. The minimum absolute atomic E-state index is 0.142. The second kappa shape index (κ2) is 5.57. The molecule has 0 heterocycles. The van der Waals surface area contributed by atoms with Gasteiger partial charge in [-0.1, -0.05) is 12.1 Å². The number of aryl methyl sites for hydroxylation is 2. The van der Waals surface area contributed by atoms with Crippen LogP contribution < -0.4 is 5.32 Å². The third-order valence-corrected chi connectivity index (χ3v) is 3.14. The molecule has 0 fully saturated rings. The summed E-state index contributed by atoms with van der Waals surface area (Å²) in [6.07, 6.45) is 0. The lowest BCUT2D eigenvalue weighted by Crippen LogP contribution is -2.12. The van der Waals surface area contributed by atoms with Gasteiger partial charge < -0.3 is 10.4 Å². The molecule has 2 aromatic carbocycles. The molecule has 0 aromatic heterocycles. The molecule has 102 valence electrons. The molecule has 1 amide bonds. The van der Waals surface area contributed by atoms with Crippen LogP contribution in [0.2, 0.25) is 0 Å². The number of hydrogen-bond donors (Lipinski definition) is 2. The van der Waals surface area contributed by atoms with E-state index in [0.717, 1.165) is 11.1 Å². The number of carboxylic acids is 1. The lowest BCUT2D eigenvalue weighted by Gasteiger charge is -2.08. The van der Waals surface area contributed by atoms with Crippen LogP contribution in [0.4, 0.5) is 5.69 Å². The molecule has 4 nitrogen and oxygen atoms in total. The van der Waals surface area contributed by atoms with E-state index in [1.807, 2.05) is 26.0 Å². The Hall–Kier alpha value is -2.62. The molecule has 0 saturated carbocycles. The molecular formula is C16H15NO3. The van der Waals surface area contributed by atoms with Crippen LogP contribution in [0.25, 0.3) is 0 Å². The van der Waals surface area contributed by atoms with Crippen molar-refractivity contribution in [3.8, 4) is 0 Å². The average Bonchev–Trinajstić information content (AvgIpc) is 2.42. The van der Waals surface area contributed by atoms with Gasteiger partial charge in [0.2, 0.25) is 0 Å². The first-order valence-electron chi connectivity index (χ1n) is 6.19. The Balaban J connectivity index is 2.21. The monoisotopic (exact) mass is 269 g/mol. The zero-order chi connectivity index (χ0) is 14.7. The normalized spacial score (nSPS) is 10.1. The summed E-state index contributed by atoms with van der Waals surface area (Å²) in [6, 6.07) is 11.6. The van der Waals surface area contributed by atoms with Crippen molar-refractivity contribution in [2.75, 3.05) is 5.32 Å². The predicted molar refractivity (Wildman–Crippen MR) is 77.3 cm³/mol. The van der Waals surface area contributed by atoms with Crippen LogP contribution in [0.3, 0.4) is 0 Å². The quantitative estimate of drug-likeness (QED) is 0.898. The maximum Gasteiger partial charge on any atom is 0.335 e.